The third kappa shape index (κ3) is 5.95. The summed E-state index contributed by atoms with van der Waals surface area (Å²) in [6.07, 6.45) is 1.08. The SMILES string of the molecule is CC(C)SCCCOc1cccc(Cl)c1. The van der Waals surface area contributed by atoms with E-state index in [1.807, 2.05) is 36.0 Å². The number of ether oxygens (including phenoxy) is 1. The fraction of sp³-hybridized carbons (Fsp3) is 0.500. The second kappa shape index (κ2) is 7.02. The molecule has 0 aliphatic heterocycles. The first-order chi connectivity index (χ1) is 7.18. The highest BCUT2D eigenvalue weighted by Crippen LogP contribution is 2.17. The van der Waals surface area contributed by atoms with Crippen LogP contribution in [0.25, 0.3) is 0 Å². The van der Waals surface area contributed by atoms with Crippen LogP contribution in [0.2, 0.25) is 5.02 Å². The Morgan fingerprint density at radius 2 is 2.20 bits per heavy atom. The molecule has 0 amide bonds. The van der Waals surface area contributed by atoms with Gasteiger partial charge >= 0.3 is 0 Å². The van der Waals surface area contributed by atoms with E-state index in [1.165, 1.54) is 0 Å². The van der Waals surface area contributed by atoms with Gasteiger partial charge in [-0.2, -0.15) is 11.8 Å². The van der Waals surface area contributed by atoms with Crippen molar-refractivity contribution in [3.8, 4) is 5.75 Å². The van der Waals surface area contributed by atoms with Crippen molar-refractivity contribution in [3.05, 3.63) is 29.3 Å². The van der Waals surface area contributed by atoms with Crippen molar-refractivity contribution in [1.29, 1.82) is 0 Å². The fourth-order valence-corrected chi connectivity index (χ4v) is 2.06. The molecule has 0 unspecified atom stereocenters. The molecule has 1 rings (SSSR count). The van der Waals surface area contributed by atoms with Crippen molar-refractivity contribution in [2.24, 2.45) is 0 Å². The molecule has 0 aromatic heterocycles. The first-order valence-electron chi connectivity index (χ1n) is 5.18. The first-order valence-corrected chi connectivity index (χ1v) is 6.61. The molecule has 1 nitrogen and oxygen atoms in total. The summed E-state index contributed by atoms with van der Waals surface area (Å²) in [5.41, 5.74) is 0. The number of hydrogen-bond donors (Lipinski definition) is 0. The molecule has 84 valence electrons. The smallest absolute Gasteiger partial charge is 0.120 e. The Balaban J connectivity index is 2.15. The lowest BCUT2D eigenvalue weighted by molar-refractivity contribution is 0.318. The molecule has 0 heterocycles. The van der Waals surface area contributed by atoms with E-state index in [2.05, 4.69) is 13.8 Å². The van der Waals surface area contributed by atoms with E-state index in [4.69, 9.17) is 16.3 Å². The van der Waals surface area contributed by atoms with Crippen molar-refractivity contribution >= 4 is 23.4 Å². The molecule has 0 spiro atoms. The predicted molar refractivity (Wildman–Crippen MR) is 69.2 cm³/mol. The van der Waals surface area contributed by atoms with Crippen LogP contribution in [0.15, 0.2) is 24.3 Å². The van der Waals surface area contributed by atoms with Gasteiger partial charge in [-0.05, 0) is 35.6 Å². The molecule has 15 heavy (non-hydrogen) atoms. The molecule has 0 bridgehead atoms. The van der Waals surface area contributed by atoms with Crippen molar-refractivity contribution < 1.29 is 4.74 Å². The Bertz CT molecular complexity index is 289. The first kappa shape index (κ1) is 12.7. The number of hydrogen-bond acceptors (Lipinski definition) is 2. The van der Waals surface area contributed by atoms with Crippen LogP contribution in [-0.4, -0.2) is 17.6 Å². The van der Waals surface area contributed by atoms with Crippen LogP contribution in [0.4, 0.5) is 0 Å². The summed E-state index contributed by atoms with van der Waals surface area (Å²) in [7, 11) is 0. The lowest BCUT2D eigenvalue weighted by Gasteiger charge is -2.07. The van der Waals surface area contributed by atoms with Crippen LogP contribution in [0.3, 0.4) is 0 Å². The highest BCUT2D eigenvalue weighted by Gasteiger charge is 1.96. The highest BCUT2D eigenvalue weighted by atomic mass is 35.5. The van der Waals surface area contributed by atoms with Gasteiger partial charge in [-0.15, -0.1) is 0 Å². The lowest BCUT2D eigenvalue weighted by atomic mass is 10.3. The van der Waals surface area contributed by atoms with Crippen molar-refractivity contribution in [3.63, 3.8) is 0 Å². The normalized spacial score (nSPS) is 10.7. The van der Waals surface area contributed by atoms with Gasteiger partial charge < -0.3 is 4.74 Å². The zero-order valence-electron chi connectivity index (χ0n) is 9.20. The number of rotatable bonds is 6. The summed E-state index contributed by atoms with van der Waals surface area (Å²) < 4.78 is 5.57. The number of benzene rings is 1. The fourth-order valence-electron chi connectivity index (χ4n) is 1.12. The Morgan fingerprint density at radius 3 is 2.87 bits per heavy atom. The summed E-state index contributed by atoms with van der Waals surface area (Å²) >= 11 is 7.81. The van der Waals surface area contributed by atoms with Crippen LogP contribution in [0, 0.1) is 0 Å². The summed E-state index contributed by atoms with van der Waals surface area (Å²) in [4.78, 5) is 0. The third-order valence-electron chi connectivity index (χ3n) is 1.80. The van der Waals surface area contributed by atoms with Crippen LogP contribution in [-0.2, 0) is 0 Å². The van der Waals surface area contributed by atoms with E-state index in [9.17, 15) is 0 Å². The van der Waals surface area contributed by atoms with Crippen molar-refractivity contribution in [2.45, 2.75) is 25.5 Å². The molecule has 0 aliphatic carbocycles. The van der Waals surface area contributed by atoms with E-state index < -0.39 is 0 Å². The maximum Gasteiger partial charge on any atom is 0.120 e. The zero-order chi connectivity index (χ0) is 11.1. The average molecular weight is 245 g/mol. The molecular formula is C12H17ClOS. The van der Waals surface area contributed by atoms with Gasteiger partial charge in [0.05, 0.1) is 6.61 Å². The second-order valence-electron chi connectivity index (χ2n) is 3.58. The summed E-state index contributed by atoms with van der Waals surface area (Å²) in [5.74, 6) is 2.01. The molecule has 0 N–H and O–H groups in total. The van der Waals surface area contributed by atoms with Crippen LogP contribution in [0.1, 0.15) is 20.3 Å². The highest BCUT2D eigenvalue weighted by molar-refractivity contribution is 7.99. The Labute approximate surface area is 101 Å². The van der Waals surface area contributed by atoms with Crippen molar-refractivity contribution in [2.75, 3.05) is 12.4 Å². The van der Waals surface area contributed by atoms with Crippen molar-refractivity contribution in [1.82, 2.24) is 0 Å². The van der Waals surface area contributed by atoms with E-state index in [0.717, 1.165) is 29.6 Å². The summed E-state index contributed by atoms with van der Waals surface area (Å²) in [6.45, 7) is 5.19. The molecule has 1 aromatic rings. The predicted octanol–water partition coefficient (Wildman–Crippen LogP) is 4.25. The van der Waals surface area contributed by atoms with Gasteiger partial charge in [-0.1, -0.05) is 31.5 Å². The van der Waals surface area contributed by atoms with E-state index >= 15 is 0 Å². The van der Waals surface area contributed by atoms with E-state index in [0.29, 0.717) is 5.25 Å². The second-order valence-corrected chi connectivity index (χ2v) is 5.70. The summed E-state index contributed by atoms with van der Waals surface area (Å²) in [5, 5.41) is 1.43. The monoisotopic (exact) mass is 244 g/mol. The largest absolute Gasteiger partial charge is 0.494 e. The number of thioether (sulfide) groups is 1. The molecular weight excluding hydrogens is 228 g/mol. The topological polar surface area (TPSA) is 9.23 Å². The third-order valence-corrected chi connectivity index (χ3v) is 3.23. The van der Waals surface area contributed by atoms with Gasteiger partial charge in [0.1, 0.15) is 5.75 Å². The van der Waals surface area contributed by atoms with E-state index in [1.54, 1.807) is 0 Å². The maximum absolute atomic E-state index is 5.84. The molecule has 0 saturated carbocycles. The minimum atomic E-state index is 0.705. The van der Waals surface area contributed by atoms with Gasteiger partial charge in [0.15, 0.2) is 0 Å². The quantitative estimate of drug-likeness (QED) is 0.692. The van der Waals surface area contributed by atoms with Gasteiger partial charge in [-0.25, -0.2) is 0 Å². The van der Waals surface area contributed by atoms with Gasteiger partial charge in [0, 0.05) is 5.02 Å². The van der Waals surface area contributed by atoms with Gasteiger partial charge in [-0.3, -0.25) is 0 Å². The standard InChI is InChI=1S/C12H17ClOS/c1-10(2)15-8-4-7-14-12-6-3-5-11(13)9-12/h3,5-6,9-10H,4,7-8H2,1-2H3. The van der Waals surface area contributed by atoms with Crippen LogP contribution < -0.4 is 4.74 Å². The minimum absolute atomic E-state index is 0.705. The summed E-state index contributed by atoms with van der Waals surface area (Å²) in [6, 6.07) is 7.53. The molecule has 0 aliphatic rings. The van der Waals surface area contributed by atoms with E-state index in [-0.39, 0.29) is 0 Å². The Kier molecular flexibility index (Phi) is 5.96. The Hall–Kier alpha value is -0.340. The molecule has 0 fully saturated rings. The molecule has 3 heteroatoms. The van der Waals surface area contributed by atoms with Gasteiger partial charge in [0.25, 0.3) is 0 Å². The average Bonchev–Trinajstić information content (AvgIpc) is 2.17. The molecule has 1 aromatic carbocycles. The van der Waals surface area contributed by atoms with Crippen LogP contribution in [0.5, 0.6) is 5.75 Å². The van der Waals surface area contributed by atoms with Gasteiger partial charge in [0.2, 0.25) is 0 Å². The zero-order valence-corrected chi connectivity index (χ0v) is 10.8. The minimum Gasteiger partial charge on any atom is -0.494 e. The number of halogens is 1. The van der Waals surface area contributed by atoms with Crippen LogP contribution >= 0.6 is 23.4 Å². The molecule has 0 saturated heterocycles. The maximum atomic E-state index is 5.84. The molecule has 0 atom stereocenters. The lowest BCUT2D eigenvalue weighted by Crippen LogP contribution is -2.00. The Morgan fingerprint density at radius 1 is 1.40 bits per heavy atom. The molecule has 0 radical (unpaired) electrons.